The van der Waals surface area contributed by atoms with Gasteiger partial charge in [-0.1, -0.05) is 24.3 Å². The van der Waals surface area contributed by atoms with Gasteiger partial charge in [-0.3, -0.25) is 4.79 Å². The molecule has 1 N–H and O–H groups in total. The number of fused-ring (bicyclic) bond motifs is 1. The number of hydrogen-bond acceptors (Lipinski definition) is 5. The van der Waals surface area contributed by atoms with Gasteiger partial charge < -0.3 is 14.8 Å². The van der Waals surface area contributed by atoms with Crippen LogP contribution in [0, 0.1) is 11.3 Å². The Morgan fingerprint density at radius 1 is 0.750 bits per heavy atom. The summed E-state index contributed by atoms with van der Waals surface area (Å²) >= 11 is 1.71. The number of carbonyl (C=O) groups excluding carboxylic acids is 1. The van der Waals surface area contributed by atoms with Crippen molar-refractivity contribution in [1.82, 2.24) is 0 Å². The first-order valence-electron chi connectivity index (χ1n) is 15.5. The maximum Gasteiger partial charge on any atom is 0.255 e. The first-order chi connectivity index (χ1) is 21.6. The highest BCUT2D eigenvalue weighted by Crippen LogP contribution is 2.38. The van der Waals surface area contributed by atoms with Crippen molar-refractivity contribution in [3.05, 3.63) is 101 Å². The summed E-state index contributed by atoms with van der Waals surface area (Å²) < 4.78 is 14.1. The van der Waals surface area contributed by atoms with E-state index in [-0.39, 0.29) is 18.1 Å². The van der Waals surface area contributed by atoms with Crippen LogP contribution in [0.5, 0.6) is 11.5 Å². The second-order valence-corrected chi connectivity index (χ2v) is 12.7. The molecule has 2 aliphatic rings. The summed E-state index contributed by atoms with van der Waals surface area (Å²) in [5.74, 6) is 1.39. The van der Waals surface area contributed by atoms with Crippen LogP contribution < -0.4 is 14.8 Å². The zero-order chi connectivity index (χ0) is 29.9. The molecule has 7 rings (SSSR count). The minimum absolute atomic E-state index is 0.185. The highest BCUT2D eigenvalue weighted by Gasteiger charge is 2.22. The first-order valence-corrected chi connectivity index (χ1v) is 16.4. The van der Waals surface area contributed by atoms with Crippen molar-refractivity contribution in [3.8, 4) is 39.8 Å². The number of nitriles is 1. The van der Waals surface area contributed by atoms with Crippen molar-refractivity contribution in [2.24, 2.45) is 0 Å². The molecule has 0 aliphatic heterocycles. The summed E-state index contributed by atoms with van der Waals surface area (Å²) in [6, 6.07) is 29.8. The van der Waals surface area contributed by atoms with Gasteiger partial charge in [0.25, 0.3) is 5.91 Å². The number of benzene rings is 4. The number of amides is 1. The van der Waals surface area contributed by atoms with Crippen molar-refractivity contribution in [3.63, 3.8) is 0 Å². The molecule has 1 amide bonds. The zero-order valence-corrected chi connectivity index (χ0v) is 25.4. The minimum Gasteiger partial charge on any atom is -0.490 e. The molecule has 44 heavy (non-hydrogen) atoms. The second-order valence-electron chi connectivity index (χ2n) is 11.8. The lowest BCUT2D eigenvalue weighted by atomic mass is 10.00. The lowest BCUT2D eigenvalue weighted by Gasteiger charge is -2.19. The van der Waals surface area contributed by atoms with Gasteiger partial charge in [-0.05, 0) is 134 Å². The van der Waals surface area contributed by atoms with Crippen molar-refractivity contribution in [2.45, 2.75) is 63.6 Å². The summed E-state index contributed by atoms with van der Waals surface area (Å²) in [5, 5.41) is 15.9. The van der Waals surface area contributed by atoms with Gasteiger partial charge in [-0.25, -0.2) is 0 Å². The Bertz CT molecular complexity index is 1860. The Balaban J connectivity index is 1.20. The molecule has 0 bridgehead atoms. The summed E-state index contributed by atoms with van der Waals surface area (Å²) in [6.07, 6.45) is 9.32. The van der Waals surface area contributed by atoms with E-state index in [0.717, 1.165) is 59.4 Å². The minimum atomic E-state index is -0.197. The lowest BCUT2D eigenvalue weighted by Crippen LogP contribution is -2.15. The summed E-state index contributed by atoms with van der Waals surface area (Å²) in [6.45, 7) is 0. The smallest absolute Gasteiger partial charge is 0.255 e. The highest BCUT2D eigenvalue weighted by atomic mass is 32.1. The van der Waals surface area contributed by atoms with Crippen molar-refractivity contribution in [2.75, 3.05) is 5.32 Å². The zero-order valence-electron chi connectivity index (χ0n) is 24.6. The lowest BCUT2D eigenvalue weighted by molar-refractivity contribution is 0.102. The topological polar surface area (TPSA) is 71.4 Å². The van der Waals surface area contributed by atoms with E-state index in [0.29, 0.717) is 16.8 Å². The van der Waals surface area contributed by atoms with Gasteiger partial charge in [0.2, 0.25) is 0 Å². The number of hydrogen-bond donors (Lipinski definition) is 1. The fourth-order valence-electron chi connectivity index (χ4n) is 6.39. The van der Waals surface area contributed by atoms with Gasteiger partial charge in [0, 0.05) is 27.1 Å². The molecular formula is C38H34N2O3S. The van der Waals surface area contributed by atoms with Crippen LogP contribution in [0.4, 0.5) is 5.69 Å². The van der Waals surface area contributed by atoms with Crippen LogP contribution in [0.25, 0.3) is 32.3 Å². The number of rotatable bonds is 8. The molecule has 6 heteroatoms. The third-order valence-corrected chi connectivity index (χ3v) is 9.62. The number of thiophene rings is 1. The Hall–Kier alpha value is -4.60. The number of carbonyl (C=O) groups is 1. The molecule has 0 spiro atoms. The largest absolute Gasteiger partial charge is 0.490 e. The molecule has 1 heterocycles. The Labute approximate surface area is 262 Å². The Morgan fingerprint density at radius 3 is 2.16 bits per heavy atom. The van der Waals surface area contributed by atoms with E-state index < -0.39 is 0 Å². The molecule has 2 aliphatic carbocycles. The molecule has 1 aromatic heterocycles. The van der Waals surface area contributed by atoms with Crippen LogP contribution in [0.1, 0.15) is 67.3 Å². The molecule has 0 radical (unpaired) electrons. The molecule has 2 saturated carbocycles. The third kappa shape index (κ3) is 6.06. The summed E-state index contributed by atoms with van der Waals surface area (Å²) in [5.41, 5.74) is 5.51. The predicted molar refractivity (Wildman–Crippen MR) is 178 cm³/mol. The quantitative estimate of drug-likeness (QED) is 0.193. The van der Waals surface area contributed by atoms with Crippen LogP contribution in [-0.4, -0.2) is 18.1 Å². The molecule has 220 valence electrons. The van der Waals surface area contributed by atoms with E-state index in [1.807, 2.05) is 54.6 Å². The van der Waals surface area contributed by atoms with E-state index in [9.17, 15) is 10.1 Å². The fourth-order valence-corrected chi connectivity index (χ4v) is 7.22. The van der Waals surface area contributed by atoms with Crippen LogP contribution in [0.3, 0.4) is 0 Å². The molecule has 5 aromatic rings. The molecule has 5 nitrogen and oxygen atoms in total. The van der Waals surface area contributed by atoms with Gasteiger partial charge in [0.1, 0.15) is 11.5 Å². The molecule has 0 atom stereocenters. The van der Waals surface area contributed by atoms with Crippen LogP contribution in [0.15, 0.2) is 90.3 Å². The average Bonchev–Trinajstić information content (AvgIpc) is 3.86. The third-order valence-electron chi connectivity index (χ3n) is 8.74. The first kappa shape index (κ1) is 28.2. The van der Waals surface area contributed by atoms with Crippen LogP contribution >= 0.6 is 11.3 Å². The molecule has 4 aromatic carbocycles. The van der Waals surface area contributed by atoms with Crippen LogP contribution in [0.2, 0.25) is 0 Å². The monoisotopic (exact) mass is 598 g/mol. The number of nitrogens with zero attached hydrogens (tertiary/aromatic N) is 1. The highest BCUT2D eigenvalue weighted by molar-refractivity contribution is 7.17. The van der Waals surface area contributed by atoms with Crippen LogP contribution in [-0.2, 0) is 0 Å². The maximum atomic E-state index is 13.7. The number of anilines is 1. The summed E-state index contributed by atoms with van der Waals surface area (Å²) in [7, 11) is 0. The van der Waals surface area contributed by atoms with Gasteiger partial charge >= 0.3 is 0 Å². The SMILES string of the molecule is N#Cc1cccc(-c2cc(NC(=O)c3ccc(OC4CCCC4)c(-c4ccc5ccsc5c4)c3)ccc2OC2CCCC2)c1. The molecule has 0 unspecified atom stereocenters. The Kier molecular flexibility index (Phi) is 8.04. The van der Waals surface area contributed by atoms with Crippen molar-refractivity contribution >= 4 is 33.0 Å². The van der Waals surface area contributed by atoms with Crippen molar-refractivity contribution in [1.29, 1.82) is 5.26 Å². The van der Waals surface area contributed by atoms with E-state index in [1.165, 1.54) is 35.8 Å². The van der Waals surface area contributed by atoms with E-state index in [4.69, 9.17) is 9.47 Å². The average molecular weight is 599 g/mol. The summed E-state index contributed by atoms with van der Waals surface area (Å²) in [4.78, 5) is 13.7. The molecular weight excluding hydrogens is 564 g/mol. The van der Waals surface area contributed by atoms with Gasteiger partial charge in [-0.2, -0.15) is 5.26 Å². The second kappa shape index (κ2) is 12.6. The normalized spacial score (nSPS) is 15.3. The molecule has 0 saturated heterocycles. The number of nitrogens with one attached hydrogen (secondary N) is 1. The van der Waals surface area contributed by atoms with E-state index >= 15 is 0 Å². The van der Waals surface area contributed by atoms with Gasteiger partial charge in [0.05, 0.1) is 23.8 Å². The van der Waals surface area contributed by atoms with Gasteiger partial charge in [0.15, 0.2) is 0 Å². The van der Waals surface area contributed by atoms with E-state index in [1.54, 1.807) is 17.4 Å². The molecule has 2 fully saturated rings. The standard InChI is InChI=1S/C38H34N2O3S/c39-24-25-6-5-7-27(20-25)34-23-30(15-17-36(34)43-32-10-3-4-11-32)40-38(41)29-14-16-35(42-31-8-1-2-9-31)33(21-29)28-13-12-26-18-19-44-37(26)22-28/h5-7,12-23,31-32H,1-4,8-11H2,(H,40,41). The van der Waals surface area contributed by atoms with Gasteiger partial charge in [-0.15, -0.1) is 11.3 Å². The van der Waals surface area contributed by atoms with E-state index in [2.05, 4.69) is 41.0 Å². The number of ether oxygens (including phenoxy) is 2. The van der Waals surface area contributed by atoms with Crippen molar-refractivity contribution < 1.29 is 14.3 Å². The maximum absolute atomic E-state index is 13.7. The fraction of sp³-hybridized carbons (Fsp3) is 0.263. The predicted octanol–water partition coefficient (Wildman–Crippen LogP) is 10.0. The Morgan fingerprint density at radius 2 is 1.43 bits per heavy atom.